The molecular formula is C14H15ClN4O2. The van der Waals surface area contributed by atoms with Crippen LogP contribution in [0.1, 0.15) is 17.0 Å². The van der Waals surface area contributed by atoms with E-state index < -0.39 is 0 Å². The molecule has 7 heteroatoms. The predicted molar refractivity (Wildman–Crippen MR) is 80.6 cm³/mol. The summed E-state index contributed by atoms with van der Waals surface area (Å²) in [5.74, 6) is -0.269. The molecule has 1 aromatic carbocycles. The van der Waals surface area contributed by atoms with E-state index in [1.807, 2.05) is 19.9 Å². The van der Waals surface area contributed by atoms with Crippen molar-refractivity contribution in [3.05, 3.63) is 46.2 Å². The summed E-state index contributed by atoms with van der Waals surface area (Å²) in [6, 6.07) is 6.46. The van der Waals surface area contributed by atoms with Crippen molar-refractivity contribution in [2.45, 2.75) is 20.4 Å². The average molecular weight is 307 g/mol. The van der Waals surface area contributed by atoms with Crippen molar-refractivity contribution in [1.82, 2.24) is 15.2 Å². The fourth-order valence-corrected chi connectivity index (χ4v) is 1.99. The molecule has 2 aromatic rings. The minimum Gasteiger partial charge on any atom is -0.507 e. The van der Waals surface area contributed by atoms with Crippen LogP contribution >= 0.6 is 11.6 Å². The molecule has 0 unspecified atom stereocenters. The molecule has 0 saturated heterocycles. The van der Waals surface area contributed by atoms with Gasteiger partial charge in [0.25, 0.3) is 5.91 Å². The van der Waals surface area contributed by atoms with Gasteiger partial charge in [-0.2, -0.15) is 10.2 Å². The Morgan fingerprint density at radius 2 is 2.24 bits per heavy atom. The number of aromatic hydroxyl groups is 1. The number of rotatable bonds is 4. The number of halogens is 1. The Kier molecular flexibility index (Phi) is 4.59. The summed E-state index contributed by atoms with van der Waals surface area (Å²) >= 11 is 5.81. The van der Waals surface area contributed by atoms with E-state index in [1.165, 1.54) is 12.3 Å². The second-order valence-corrected chi connectivity index (χ2v) is 5.02. The van der Waals surface area contributed by atoms with E-state index in [1.54, 1.807) is 16.8 Å². The van der Waals surface area contributed by atoms with Gasteiger partial charge < -0.3 is 5.11 Å². The number of hydrogen-bond acceptors (Lipinski definition) is 4. The maximum absolute atomic E-state index is 11.7. The summed E-state index contributed by atoms with van der Waals surface area (Å²) in [4.78, 5) is 11.7. The van der Waals surface area contributed by atoms with Gasteiger partial charge in [-0.05, 0) is 38.1 Å². The zero-order valence-electron chi connectivity index (χ0n) is 11.7. The molecule has 1 amide bonds. The molecule has 0 atom stereocenters. The molecule has 2 rings (SSSR count). The van der Waals surface area contributed by atoms with Crippen LogP contribution in [0.3, 0.4) is 0 Å². The number of phenols is 1. The molecule has 0 aliphatic rings. The number of aryl methyl sites for hydroxylation is 2. The van der Waals surface area contributed by atoms with Gasteiger partial charge in [0.2, 0.25) is 0 Å². The van der Waals surface area contributed by atoms with Crippen LogP contribution in [0.4, 0.5) is 0 Å². The second-order valence-electron chi connectivity index (χ2n) is 4.58. The van der Waals surface area contributed by atoms with Crippen molar-refractivity contribution >= 4 is 23.7 Å². The number of aromatic nitrogens is 2. The standard InChI is InChI=1S/C14H15ClN4O2/c1-9-5-10(2)19(18-9)8-14(21)17-16-7-11-6-12(15)3-4-13(11)20/h3-7,20H,8H2,1-2H3,(H,17,21)/b16-7-. The lowest BCUT2D eigenvalue weighted by molar-refractivity contribution is -0.121. The summed E-state index contributed by atoms with van der Waals surface area (Å²) in [6.07, 6.45) is 1.33. The van der Waals surface area contributed by atoms with Gasteiger partial charge in [-0.25, -0.2) is 5.43 Å². The molecule has 21 heavy (non-hydrogen) atoms. The minimum absolute atomic E-state index is 0.0379. The zero-order valence-corrected chi connectivity index (χ0v) is 12.4. The smallest absolute Gasteiger partial charge is 0.261 e. The van der Waals surface area contributed by atoms with Crippen molar-refractivity contribution in [3.63, 3.8) is 0 Å². The number of hydrogen-bond donors (Lipinski definition) is 2. The number of benzene rings is 1. The van der Waals surface area contributed by atoms with E-state index in [9.17, 15) is 9.90 Å². The molecule has 110 valence electrons. The quantitative estimate of drug-likeness (QED) is 0.670. The molecule has 0 fully saturated rings. The van der Waals surface area contributed by atoms with Crippen molar-refractivity contribution in [2.75, 3.05) is 0 Å². The minimum atomic E-state index is -0.307. The van der Waals surface area contributed by atoms with Crippen LogP contribution in [0.15, 0.2) is 29.4 Å². The van der Waals surface area contributed by atoms with Crippen LogP contribution in [0, 0.1) is 13.8 Å². The Balaban J connectivity index is 1.96. The first-order valence-electron chi connectivity index (χ1n) is 6.27. The average Bonchev–Trinajstić information content (AvgIpc) is 2.72. The lowest BCUT2D eigenvalue weighted by atomic mass is 10.2. The Morgan fingerprint density at radius 3 is 2.90 bits per heavy atom. The van der Waals surface area contributed by atoms with E-state index in [4.69, 9.17) is 11.6 Å². The summed E-state index contributed by atoms with van der Waals surface area (Å²) in [6.45, 7) is 3.82. The van der Waals surface area contributed by atoms with Crippen molar-refractivity contribution in [2.24, 2.45) is 5.10 Å². The van der Waals surface area contributed by atoms with Gasteiger partial charge >= 0.3 is 0 Å². The number of phenolic OH excluding ortho intramolecular Hbond substituents is 1. The molecule has 0 bridgehead atoms. The van der Waals surface area contributed by atoms with E-state index >= 15 is 0 Å². The SMILES string of the molecule is Cc1cc(C)n(CC(=O)N/N=C\c2cc(Cl)ccc2O)n1. The number of nitrogens with one attached hydrogen (secondary N) is 1. The number of nitrogens with zero attached hydrogens (tertiary/aromatic N) is 3. The molecule has 0 aliphatic heterocycles. The molecule has 2 N–H and O–H groups in total. The van der Waals surface area contributed by atoms with Gasteiger partial charge in [0, 0.05) is 16.3 Å². The molecule has 0 radical (unpaired) electrons. The molecule has 0 spiro atoms. The van der Waals surface area contributed by atoms with Crippen LogP contribution in [-0.4, -0.2) is 27.0 Å². The van der Waals surface area contributed by atoms with Crippen LogP contribution < -0.4 is 5.43 Å². The highest BCUT2D eigenvalue weighted by atomic mass is 35.5. The third kappa shape index (κ3) is 4.06. The van der Waals surface area contributed by atoms with Gasteiger partial charge in [-0.15, -0.1) is 0 Å². The fourth-order valence-electron chi connectivity index (χ4n) is 1.81. The highest BCUT2D eigenvalue weighted by Crippen LogP contribution is 2.19. The van der Waals surface area contributed by atoms with Crippen LogP contribution in [0.25, 0.3) is 0 Å². The predicted octanol–water partition coefficient (Wildman–Crippen LogP) is 2.01. The summed E-state index contributed by atoms with van der Waals surface area (Å²) in [7, 11) is 0. The third-order valence-electron chi connectivity index (χ3n) is 2.78. The Hall–Kier alpha value is -2.34. The van der Waals surface area contributed by atoms with E-state index in [-0.39, 0.29) is 18.2 Å². The van der Waals surface area contributed by atoms with Crippen molar-refractivity contribution in [1.29, 1.82) is 0 Å². The first kappa shape index (κ1) is 15.1. The van der Waals surface area contributed by atoms with E-state index in [0.29, 0.717) is 10.6 Å². The highest BCUT2D eigenvalue weighted by molar-refractivity contribution is 6.30. The van der Waals surface area contributed by atoms with Crippen molar-refractivity contribution < 1.29 is 9.90 Å². The van der Waals surface area contributed by atoms with Crippen LogP contribution in [0.2, 0.25) is 5.02 Å². The van der Waals surface area contributed by atoms with E-state index in [0.717, 1.165) is 11.4 Å². The largest absolute Gasteiger partial charge is 0.507 e. The Labute approximate surface area is 127 Å². The lowest BCUT2D eigenvalue weighted by Crippen LogP contribution is -2.24. The summed E-state index contributed by atoms with van der Waals surface area (Å²) in [5, 5.41) is 18.1. The topological polar surface area (TPSA) is 79.5 Å². The van der Waals surface area contributed by atoms with Crippen molar-refractivity contribution in [3.8, 4) is 5.75 Å². The first-order chi connectivity index (χ1) is 9.95. The maximum atomic E-state index is 11.7. The molecule has 6 nitrogen and oxygen atoms in total. The number of carbonyl (C=O) groups excluding carboxylic acids is 1. The first-order valence-corrected chi connectivity index (χ1v) is 6.65. The maximum Gasteiger partial charge on any atom is 0.261 e. The van der Waals surface area contributed by atoms with Gasteiger partial charge in [0.1, 0.15) is 12.3 Å². The molecule has 0 saturated carbocycles. The molecular weight excluding hydrogens is 292 g/mol. The van der Waals surface area contributed by atoms with Crippen LogP contribution in [0.5, 0.6) is 5.75 Å². The zero-order chi connectivity index (χ0) is 15.4. The molecule has 1 aromatic heterocycles. The fraction of sp³-hybridized carbons (Fsp3) is 0.214. The monoisotopic (exact) mass is 306 g/mol. The summed E-state index contributed by atoms with van der Waals surface area (Å²) in [5.41, 5.74) is 4.56. The lowest BCUT2D eigenvalue weighted by Gasteiger charge is -2.03. The third-order valence-corrected chi connectivity index (χ3v) is 3.01. The van der Waals surface area contributed by atoms with E-state index in [2.05, 4.69) is 15.6 Å². The number of carbonyl (C=O) groups is 1. The second kappa shape index (κ2) is 6.41. The van der Waals surface area contributed by atoms with Gasteiger partial charge in [0.05, 0.1) is 11.9 Å². The highest BCUT2D eigenvalue weighted by Gasteiger charge is 2.06. The Bertz CT molecular complexity index is 694. The molecule has 0 aliphatic carbocycles. The van der Waals surface area contributed by atoms with Gasteiger partial charge in [-0.1, -0.05) is 11.6 Å². The van der Waals surface area contributed by atoms with Gasteiger partial charge in [-0.3, -0.25) is 9.48 Å². The van der Waals surface area contributed by atoms with Crippen LogP contribution in [-0.2, 0) is 11.3 Å². The molecule has 1 heterocycles. The van der Waals surface area contributed by atoms with Gasteiger partial charge in [0.15, 0.2) is 0 Å². The number of amides is 1. The number of hydrazone groups is 1. The normalized spacial score (nSPS) is 11.0. The Morgan fingerprint density at radius 1 is 1.48 bits per heavy atom. The summed E-state index contributed by atoms with van der Waals surface area (Å²) < 4.78 is 1.59.